The molecule has 0 aromatic rings. The Kier molecular flexibility index (Phi) is 9.38. The SMILES string of the molecule is CC(C)CN(CC(C)C)C(=O)C(F)(F)C(F)(F)C(F)(F)C(F)(F)C(F)(F)C(F)(F)C(F)(F)C(F)(F)Cl. The molecule has 0 aliphatic heterocycles. The molecular weight excluding hydrogens is 574 g/mol. The zero-order chi connectivity index (χ0) is 29.7. The summed E-state index contributed by atoms with van der Waals surface area (Å²) in [7, 11) is 0. The van der Waals surface area contributed by atoms with Crippen molar-refractivity contribution in [2.24, 2.45) is 11.8 Å². The molecule has 0 spiro atoms. The molecule has 0 aliphatic rings. The van der Waals surface area contributed by atoms with Gasteiger partial charge in [0.15, 0.2) is 0 Å². The number of hydrogen-bond acceptors (Lipinski definition) is 1. The first-order chi connectivity index (χ1) is 15.4. The summed E-state index contributed by atoms with van der Waals surface area (Å²) in [5.41, 5.74) is 0. The van der Waals surface area contributed by atoms with Crippen LogP contribution in [0.25, 0.3) is 0 Å². The molecule has 2 nitrogen and oxygen atoms in total. The van der Waals surface area contributed by atoms with Gasteiger partial charge in [-0.15, -0.1) is 0 Å². The van der Waals surface area contributed by atoms with E-state index in [1.165, 1.54) is 27.7 Å². The quantitative estimate of drug-likeness (QED) is 0.171. The molecule has 0 aromatic heterocycles. The molecule has 0 saturated carbocycles. The number of carbonyl (C=O) groups is 1. The zero-order valence-electron chi connectivity index (χ0n) is 18.3. The molecule has 0 radical (unpaired) electrons. The summed E-state index contributed by atoms with van der Waals surface area (Å²) in [5, 5.41) is -6.85. The Morgan fingerprint density at radius 3 is 1.06 bits per heavy atom. The summed E-state index contributed by atoms with van der Waals surface area (Å²) in [4.78, 5) is 11.7. The van der Waals surface area contributed by atoms with Gasteiger partial charge in [-0.1, -0.05) is 27.7 Å². The molecule has 216 valence electrons. The van der Waals surface area contributed by atoms with Gasteiger partial charge in [0.2, 0.25) is 0 Å². The Balaban J connectivity index is 6.85. The monoisotopic (exact) mass is 591 g/mol. The minimum Gasteiger partial charge on any atom is -0.337 e. The zero-order valence-corrected chi connectivity index (χ0v) is 19.1. The van der Waals surface area contributed by atoms with Gasteiger partial charge < -0.3 is 4.90 Å². The van der Waals surface area contributed by atoms with Gasteiger partial charge >= 0.3 is 46.8 Å². The average molecular weight is 592 g/mol. The second-order valence-corrected chi connectivity index (χ2v) is 8.99. The van der Waals surface area contributed by atoms with Crippen molar-refractivity contribution in [3.05, 3.63) is 0 Å². The third kappa shape index (κ3) is 5.15. The summed E-state index contributed by atoms with van der Waals surface area (Å²) in [6.45, 7) is 2.97. The molecule has 0 heterocycles. The van der Waals surface area contributed by atoms with Crippen molar-refractivity contribution >= 4 is 17.5 Å². The van der Waals surface area contributed by atoms with E-state index in [0.29, 0.717) is 0 Å². The molecule has 19 heteroatoms. The predicted octanol–water partition coefficient (Wildman–Crippen LogP) is 7.41. The molecule has 0 atom stereocenters. The first-order valence-electron chi connectivity index (χ1n) is 9.40. The van der Waals surface area contributed by atoms with Crippen molar-refractivity contribution in [2.75, 3.05) is 13.1 Å². The van der Waals surface area contributed by atoms with Gasteiger partial charge in [0, 0.05) is 13.1 Å². The lowest BCUT2D eigenvalue weighted by Gasteiger charge is -2.43. The number of carbonyl (C=O) groups excluding carboxylic acids is 1. The summed E-state index contributed by atoms with van der Waals surface area (Å²) in [5.74, 6) is -61.7. The normalized spacial score (nSPS) is 15.6. The Morgan fingerprint density at radius 2 is 0.806 bits per heavy atom. The van der Waals surface area contributed by atoms with E-state index < -0.39 is 77.7 Å². The van der Waals surface area contributed by atoms with Crippen LogP contribution in [-0.2, 0) is 4.79 Å². The highest BCUT2D eigenvalue weighted by Gasteiger charge is 2.95. The van der Waals surface area contributed by atoms with Crippen LogP contribution in [0, 0.1) is 11.8 Å². The number of amides is 1. The molecule has 36 heavy (non-hydrogen) atoms. The van der Waals surface area contributed by atoms with Gasteiger partial charge in [-0.25, -0.2) is 0 Å². The van der Waals surface area contributed by atoms with Crippen LogP contribution in [0.15, 0.2) is 0 Å². The maximum atomic E-state index is 14.2. The number of nitrogens with zero attached hydrogens (tertiary/aromatic N) is 1. The van der Waals surface area contributed by atoms with Crippen LogP contribution in [0.1, 0.15) is 27.7 Å². The van der Waals surface area contributed by atoms with Crippen molar-refractivity contribution in [1.29, 1.82) is 0 Å². The highest BCUT2D eigenvalue weighted by atomic mass is 35.5. The van der Waals surface area contributed by atoms with E-state index in [4.69, 9.17) is 0 Å². The minimum atomic E-state index is -8.59. The first-order valence-corrected chi connectivity index (χ1v) is 9.78. The third-order valence-electron chi connectivity index (χ3n) is 4.45. The van der Waals surface area contributed by atoms with Crippen molar-refractivity contribution in [3.8, 4) is 0 Å². The second kappa shape index (κ2) is 9.75. The van der Waals surface area contributed by atoms with Gasteiger partial charge in [-0.05, 0) is 23.4 Å². The van der Waals surface area contributed by atoms with Crippen molar-refractivity contribution in [1.82, 2.24) is 4.90 Å². The lowest BCUT2D eigenvalue weighted by atomic mass is 9.88. The van der Waals surface area contributed by atoms with Crippen molar-refractivity contribution < 1.29 is 75.0 Å². The largest absolute Gasteiger partial charge is 0.393 e. The maximum absolute atomic E-state index is 14.2. The first kappa shape index (κ1) is 34.6. The van der Waals surface area contributed by atoms with Crippen LogP contribution >= 0.6 is 11.6 Å². The van der Waals surface area contributed by atoms with E-state index in [-0.39, 0.29) is 4.90 Å². The summed E-state index contributed by atoms with van der Waals surface area (Å²) < 4.78 is 217. The molecule has 0 aliphatic carbocycles. The fourth-order valence-electron chi connectivity index (χ4n) is 2.62. The Labute approximate surface area is 197 Å². The Morgan fingerprint density at radius 1 is 0.556 bits per heavy atom. The smallest absolute Gasteiger partial charge is 0.337 e. The molecule has 1 amide bonds. The average Bonchev–Trinajstić information content (AvgIpc) is 2.64. The number of halogens is 17. The van der Waals surface area contributed by atoms with Crippen molar-refractivity contribution in [2.45, 2.75) is 74.5 Å². The van der Waals surface area contributed by atoms with E-state index >= 15 is 0 Å². The predicted molar refractivity (Wildman–Crippen MR) is 91.7 cm³/mol. The fraction of sp³-hybridized carbons (Fsp3) is 0.941. The van der Waals surface area contributed by atoms with Crippen LogP contribution in [0.3, 0.4) is 0 Å². The number of alkyl halides is 17. The summed E-state index contributed by atoms with van der Waals surface area (Å²) in [6, 6.07) is 0. The molecule has 0 saturated heterocycles. The second-order valence-electron chi connectivity index (χ2n) is 8.52. The molecule has 0 fully saturated rings. The van der Waals surface area contributed by atoms with Crippen LogP contribution in [0.4, 0.5) is 70.2 Å². The van der Waals surface area contributed by atoms with E-state index in [2.05, 4.69) is 11.6 Å². The van der Waals surface area contributed by atoms with Gasteiger partial charge in [0.05, 0.1) is 0 Å². The topological polar surface area (TPSA) is 20.3 Å². The third-order valence-corrected chi connectivity index (χ3v) is 4.69. The minimum absolute atomic E-state index is 0.230. The lowest BCUT2D eigenvalue weighted by molar-refractivity contribution is -0.446. The van der Waals surface area contributed by atoms with Crippen LogP contribution in [-0.4, -0.2) is 70.7 Å². The van der Waals surface area contributed by atoms with E-state index in [0.717, 1.165) is 0 Å². The summed E-state index contributed by atoms with van der Waals surface area (Å²) in [6.07, 6.45) is 0. The Bertz CT molecular complexity index is 780. The van der Waals surface area contributed by atoms with Gasteiger partial charge in [-0.3, -0.25) is 4.79 Å². The highest BCUT2D eigenvalue weighted by molar-refractivity contribution is 6.22. The van der Waals surface area contributed by atoms with Crippen LogP contribution in [0.2, 0.25) is 0 Å². The lowest BCUT2D eigenvalue weighted by Crippen LogP contribution is -2.75. The van der Waals surface area contributed by atoms with Gasteiger partial charge in [0.25, 0.3) is 5.91 Å². The molecule has 0 unspecified atom stereocenters. The molecule has 0 aromatic carbocycles. The Hall–Kier alpha value is -1.36. The van der Waals surface area contributed by atoms with E-state index in [1.54, 1.807) is 0 Å². The van der Waals surface area contributed by atoms with Gasteiger partial charge in [0.1, 0.15) is 0 Å². The fourth-order valence-corrected chi connectivity index (χ4v) is 2.74. The highest BCUT2D eigenvalue weighted by Crippen LogP contribution is 2.64. The van der Waals surface area contributed by atoms with E-state index in [1.807, 2.05) is 0 Å². The number of hydrogen-bond donors (Lipinski definition) is 0. The molecule has 0 bridgehead atoms. The summed E-state index contributed by atoms with van der Waals surface area (Å²) >= 11 is 3.45. The number of rotatable bonds is 12. The van der Waals surface area contributed by atoms with E-state index in [9.17, 15) is 75.0 Å². The van der Waals surface area contributed by atoms with Gasteiger partial charge in [-0.2, -0.15) is 70.2 Å². The molecule has 0 N–H and O–H groups in total. The standard InChI is InChI=1S/C17H18ClF16NO/c1-7(2)5-35(6-8(3)4)9(36)10(19,20)11(21,22)12(23,24)13(25,26)14(27,28)15(29,30)16(31,32)17(18,33)34/h7-8H,5-6H2,1-4H3. The van der Waals surface area contributed by atoms with Crippen molar-refractivity contribution in [3.63, 3.8) is 0 Å². The molecular formula is C17H18ClF16NO. The van der Waals surface area contributed by atoms with Crippen LogP contribution in [0.5, 0.6) is 0 Å². The van der Waals surface area contributed by atoms with Crippen LogP contribution < -0.4 is 0 Å². The molecule has 0 rings (SSSR count). The maximum Gasteiger partial charge on any atom is 0.393 e.